The Morgan fingerprint density at radius 2 is 1.89 bits per heavy atom. The van der Waals surface area contributed by atoms with Crippen LogP contribution in [0.5, 0.6) is 0 Å². The Balaban J connectivity index is 2.79. The molecule has 3 N–H and O–H groups in total. The quantitative estimate of drug-likeness (QED) is 0.765. The Kier molecular flexibility index (Phi) is 5.13. The van der Waals surface area contributed by atoms with Crippen molar-refractivity contribution in [3.05, 3.63) is 29.3 Å². The number of benzene rings is 1. The van der Waals surface area contributed by atoms with Gasteiger partial charge in [0.05, 0.1) is 0 Å². The highest BCUT2D eigenvalue weighted by atomic mass is 32.2. The zero-order valence-corrected chi connectivity index (χ0v) is 11.9. The average Bonchev–Trinajstić information content (AvgIpc) is 2.32. The average molecular weight is 271 g/mol. The van der Waals surface area contributed by atoms with Crippen LogP contribution in [0.25, 0.3) is 0 Å². The largest absolute Gasteiger partial charge is 0.399 e. The Morgan fingerprint density at radius 3 is 2.44 bits per heavy atom. The van der Waals surface area contributed by atoms with Crippen LogP contribution in [-0.2, 0) is 16.8 Å². The second-order valence-electron chi connectivity index (χ2n) is 4.04. The maximum atomic E-state index is 11.9. The van der Waals surface area contributed by atoms with E-state index in [-0.39, 0.29) is 6.54 Å². The van der Waals surface area contributed by atoms with Gasteiger partial charge < -0.3 is 5.73 Å². The molecule has 0 radical (unpaired) electrons. The van der Waals surface area contributed by atoms with E-state index in [1.165, 1.54) is 4.31 Å². The first kappa shape index (κ1) is 14.9. The van der Waals surface area contributed by atoms with Crippen LogP contribution in [0.2, 0.25) is 0 Å². The van der Waals surface area contributed by atoms with Gasteiger partial charge in [0.25, 0.3) is 10.2 Å². The molecular formula is C12H21N3O2S. The van der Waals surface area contributed by atoms with Crippen LogP contribution in [0.15, 0.2) is 18.2 Å². The molecule has 0 unspecified atom stereocenters. The molecule has 0 atom stereocenters. The van der Waals surface area contributed by atoms with Gasteiger partial charge in [-0.3, -0.25) is 0 Å². The monoisotopic (exact) mass is 271 g/mol. The number of hydrogen-bond acceptors (Lipinski definition) is 3. The normalized spacial score (nSPS) is 12.0. The van der Waals surface area contributed by atoms with Gasteiger partial charge in [0.15, 0.2) is 0 Å². The van der Waals surface area contributed by atoms with Crippen molar-refractivity contribution in [1.82, 2.24) is 9.03 Å². The van der Waals surface area contributed by atoms with Crippen molar-refractivity contribution in [3.63, 3.8) is 0 Å². The fraction of sp³-hybridized carbons (Fsp3) is 0.500. The van der Waals surface area contributed by atoms with E-state index in [1.807, 2.05) is 32.9 Å². The van der Waals surface area contributed by atoms with Crippen LogP contribution in [0.1, 0.15) is 25.0 Å². The molecule has 0 aliphatic heterocycles. The summed E-state index contributed by atoms with van der Waals surface area (Å²) in [6.07, 6.45) is 0. The molecule has 0 fully saturated rings. The Morgan fingerprint density at radius 1 is 1.28 bits per heavy atom. The smallest absolute Gasteiger partial charge is 0.279 e. The summed E-state index contributed by atoms with van der Waals surface area (Å²) in [5.41, 5.74) is 8.27. The maximum Gasteiger partial charge on any atom is 0.279 e. The summed E-state index contributed by atoms with van der Waals surface area (Å²) in [6, 6.07) is 5.50. The lowest BCUT2D eigenvalue weighted by Gasteiger charge is -2.19. The molecule has 18 heavy (non-hydrogen) atoms. The zero-order chi connectivity index (χ0) is 13.8. The van der Waals surface area contributed by atoms with Crippen LogP contribution < -0.4 is 10.5 Å². The van der Waals surface area contributed by atoms with Gasteiger partial charge in [-0.1, -0.05) is 26.0 Å². The number of nitrogens with one attached hydrogen (secondary N) is 1. The Bertz CT molecular complexity index is 496. The van der Waals surface area contributed by atoms with E-state index in [0.717, 1.165) is 11.1 Å². The summed E-state index contributed by atoms with van der Waals surface area (Å²) in [6.45, 7) is 6.69. The van der Waals surface area contributed by atoms with E-state index in [4.69, 9.17) is 5.73 Å². The van der Waals surface area contributed by atoms with Crippen LogP contribution in [0, 0.1) is 6.92 Å². The minimum absolute atomic E-state index is 0.260. The third kappa shape index (κ3) is 3.44. The molecule has 0 spiro atoms. The van der Waals surface area contributed by atoms with Crippen LogP contribution >= 0.6 is 0 Å². The number of nitrogens with two attached hydrogens (primary N) is 1. The molecule has 6 heteroatoms. The van der Waals surface area contributed by atoms with Gasteiger partial charge in [0.1, 0.15) is 0 Å². The predicted octanol–water partition coefficient (Wildman–Crippen LogP) is 1.25. The van der Waals surface area contributed by atoms with E-state index < -0.39 is 10.2 Å². The standard InChI is InChI=1S/C12H21N3O2S/c1-4-15(5-2)18(16,17)14-9-11-7-6-8-12(13)10(11)3/h6-8,14H,4-5,9,13H2,1-3H3. The van der Waals surface area contributed by atoms with E-state index in [1.54, 1.807) is 6.07 Å². The topological polar surface area (TPSA) is 75.4 Å². The number of hydrogen-bond donors (Lipinski definition) is 2. The Hall–Kier alpha value is -1.11. The van der Waals surface area contributed by atoms with E-state index in [2.05, 4.69) is 4.72 Å². The van der Waals surface area contributed by atoms with Crippen molar-refractivity contribution >= 4 is 15.9 Å². The molecule has 102 valence electrons. The van der Waals surface area contributed by atoms with Gasteiger partial charge in [-0.05, 0) is 24.1 Å². The summed E-state index contributed by atoms with van der Waals surface area (Å²) >= 11 is 0. The highest BCUT2D eigenvalue weighted by molar-refractivity contribution is 7.87. The second kappa shape index (κ2) is 6.17. The molecule has 0 aliphatic carbocycles. The molecule has 0 bridgehead atoms. The summed E-state index contributed by atoms with van der Waals surface area (Å²) in [4.78, 5) is 0. The summed E-state index contributed by atoms with van der Waals surface area (Å²) in [7, 11) is -3.41. The van der Waals surface area contributed by atoms with Gasteiger partial charge in [0.2, 0.25) is 0 Å². The van der Waals surface area contributed by atoms with Crippen molar-refractivity contribution in [3.8, 4) is 0 Å². The lowest BCUT2D eigenvalue weighted by molar-refractivity contribution is 0.434. The third-order valence-electron chi connectivity index (χ3n) is 2.98. The Labute approximate surface area is 109 Å². The molecule has 1 aromatic carbocycles. The molecular weight excluding hydrogens is 250 g/mol. The maximum absolute atomic E-state index is 11.9. The first-order valence-electron chi connectivity index (χ1n) is 6.01. The zero-order valence-electron chi connectivity index (χ0n) is 11.1. The fourth-order valence-corrected chi connectivity index (χ4v) is 2.92. The first-order valence-corrected chi connectivity index (χ1v) is 7.45. The summed E-state index contributed by atoms with van der Waals surface area (Å²) in [5, 5.41) is 0. The van der Waals surface area contributed by atoms with Crippen LogP contribution in [0.4, 0.5) is 5.69 Å². The van der Waals surface area contributed by atoms with E-state index >= 15 is 0 Å². The van der Waals surface area contributed by atoms with Crippen molar-refractivity contribution in [2.75, 3.05) is 18.8 Å². The number of nitrogen functional groups attached to an aromatic ring is 1. The molecule has 1 rings (SSSR count). The number of nitrogens with zero attached hydrogens (tertiary/aromatic N) is 1. The molecule has 0 saturated carbocycles. The SMILES string of the molecule is CCN(CC)S(=O)(=O)NCc1cccc(N)c1C. The second-order valence-corrected chi connectivity index (χ2v) is 5.80. The minimum atomic E-state index is -3.41. The number of rotatable bonds is 6. The van der Waals surface area contributed by atoms with Crippen LogP contribution in [-0.4, -0.2) is 25.8 Å². The summed E-state index contributed by atoms with van der Waals surface area (Å²) < 4.78 is 27.9. The lowest BCUT2D eigenvalue weighted by Crippen LogP contribution is -2.40. The highest BCUT2D eigenvalue weighted by Crippen LogP contribution is 2.15. The van der Waals surface area contributed by atoms with Crippen molar-refractivity contribution in [1.29, 1.82) is 0 Å². The van der Waals surface area contributed by atoms with Crippen LogP contribution in [0.3, 0.4) is 0 Å². The van der Waals surface area contributed by atoms with Gasteiger partial charge in [0, 0.05) is 25.3 Å². The van der Waals surface area contributed by atoms with Crippen molar-refractivity contribution in [2.24, 2.45) is 0 Å². The molecule has 0 heterocycles. The fourth-order valence-electron chi connectivity index (χ4n) is 1.72. The molecule has 1 aromatic rings. The molecule has 0 saturated heterocycles. The van der Waals surface area contributed by atoms with Crippen molar-refractivity contribution in [2.45, 2.75) is 27.3 Å². The van der Waals surface area contributed by atoms with Gasteiger partial charge >= 0.3 is 0 Å². The summed E-state index contributed by atoms with van der Waals surface area (Å²) in [5.74, 6) is 0. The van der Waals surface area contributed by atoms with Crippen molar-refractivity contribution < 1.29 is 8.42 Å². The van der Waals surface area contributed by atoms with E-state index in [0.29, 0.717) is 18.8 Å². The highest BCUT2D eigenvalue weighted by Gasteiger charge is 2.18. The lowest BCUT2D eigenvalue weighted by atomic mass is 10.1. The molecule has 0 aliphatic rings. The van der Waals surface area contributed by atoms with Gasteiger partial charge in [-0.2, -0.15) is 17.4 Å². The molecule has 0 aromatic heterocycles. The third-order valence-corrected chi connectivity index (χ3v) is 4.68. The van der Waals surface area contributed by atoms with Gasteiger partial charge in [-0.15, -0.1) is 0 Å². The minimum Gasteiger partial charge on any atom is -0.399 e. The molecule has 0 amide bonds. The predicted molar refractivity (Wildman–Crippen MR) is 74.3 cm³/mol. The first-order chi connectivity index (χ1) is 8.42. The number of anilines is 1. The van der Waals surface area contributed by atoms with Gasteiger partial charge in [-0.25, -0.2) is 0 Å². The van der Waals surface area contributed by atoms with E-state index in [9.17, 15) is 8.42 Å². The molecule has 5 nitrogen and oxygen atoms in total.